The van der Waals surface area contributed by atoms with Gasteiger partial charge in [0.2, 0.25) is 5.75 Å². The van der Waals surface area contributed by atoms with Crippen molar-refractivity contribution < 1.29 is 29.3 Å². The van der Waals surface area contributed by atoms with Crippen LogP contribution in [0.3, 0.4) is 0 Å². The number of quaternary nitrogens is 1. The van der Waals surface area contributed by atoms with Crippen LogP contribution < -0.4 is 24.4 Å². The molecule has 8 heteroatoms. The van der Waals surface area contributed by atoms with Gasteiger partial charge in [-0.25, -0.2) is 4.79 Å². The fraction of sp³-hybridized carbons (Fsp3) is 0.211. The van der Waals surface area contributed by atoms with Crippen molar-refractivity contribution in [2.75, 3.05) is 21.3 Å². The number of aromatic carboxylic acids is 1. The fourth-order valence-corrected chi connectivity index (χ4v) is 3.23. The minimum absolute atomic E-state index is 0.139. The van der Waals surface area contributed by atoms with Crippen LogP contribution in [-0.2, 0) is 6.54 Å². The topological polar surface area (TPSA) is 97.2 Å². The van der Waals surface area contributed by atoms with Crippen molar-refractivity contribution in [3.05, 3.63) is 53.2 Å². The molecule has 3 N–H and O–H groups in total. The maximum absolute atomic E-state index is 11.3. The molecule has 0 radical (unpaired) electrons. The molecule has 0 bridgehead atoms. The molecular formula is C19H21N2O6+. The molecule has 0 aliphatic carbocycles. The Morgan fingerprint density at radius 2 is 1.74 bits per heavy atom. The standard InChI is InChI=1S/C19H20N2O6/c1-25-16-8-12(9-17(26-2)18(16)27-3)11-21(20-24)7-6-13-4-5-14(19(22)23)10-15(13)21/h4-10,20,24H,11H2,1-3H3/p+1. The zero-order valence-electron chi connectivity index (χ0n) is 15.2. The average molecular weight is 373 g/mol. The molecule has 1 unspecified atom stereocenters. The second kappa shape index (κ2) is 7.28. The molecule has 0 saturated heterocycles. The summed E-state index contributed by atoms with van der Waals surface area (Å²) in [5.74, 6) is 0.419. The van der Waals surface area contributed by atoms with Gasteiger partial charge in [-0.2, -0.15) is 4.59 Å². The van der Waals surface area contributed by atoms with Crippen molar-refractivity contribution in [2.45, 2.75) is 6.54 Å². The summed E-state index contributed by atoms with van der Waals surface area (Å²) in [6, 6.07) is 8.35. The van der Waals surface area contributed by atoms with E-state index in [1.807, 2.05) is 6.08 Å². The number of hydrogen-bond donors (Lipinski definition) is 3. The van der Waals surface area contributed by atoms with Gasteiger partial charge in [0, 0.05) is 23.3 Å². The van der Waals surface area contributed by atoms with Crippen LogP contribution >= 0.6 is 0 Å². The number of ether oxygens (including phenoxy) is 3. The SMILES string of the molecule is COc1cc(C[N+]2(NO)C=Cc3ccc(C(=O)O)cc32)cc(OC)c1OC. The van der Waals surface area contributed by atoms with Gasteiger partial charge in [0.1, 0.15) is 12.7 Å². The largest absolute Gasteiger partial charge is 0.493 e. The van der Waals surface area contributed by atoms with E-state index in [-0.39, 0.29) is 16.7 Å². The highest BCUT2D eigenvalue weighted by molar-refractivity contribution is 5.90. The Balaban J connectivity index is 2.06. The molecule has 0 aromatic heterocycles. The van der Waals surface area contributed by atoms with Crippen molar-refractivity contribution in [2.24, 2.45) is 0 Å². The van der Waals surface area contributed by atoms with E-state index in [9.17, 15) is 15.1 Å². The van der Waals surface area contributed by atoms with Gasteiger partial charge in [-0.3, -0.25) is 5.21 Å². The summed E-state index contributed by atoms with van der Waals surface area (Å²) in [6.07, 6.45) is 3.57. The van der Waals surface area contributed by atoms with Crippen molar-refractivity contribution in [1.82, 2.24) is 10.2 Å². The molecule has 1 aliphatic rings. The van der Waals surface area contributed by atoms with Crippen molar-refractivity contribution >= 4 is 17.7 Å². The molecule has 0 spiro atoms. The Bertz CT molecular complexity index is 886. The second-order valence-electron chi connectivity index (χ2n) is 6.05. The van der Waals surface area contributed by atoms with E-state index in [4.69, 9.17) is 14.2 Å². The van der Waals surface area contributed by atoms with E-state index in [0.717, 1.165) is 11.1 Å². The maximum Gasteiger partial charge on any atom is 0.335 e. The van der Waals surface area contributed by atoms with Gasteiger partial charge in [-0.05, 0) is 29.9 Å². The van der Waals surface area contributed by atoms with Crippen LogP contribution in [0.5, 0.6) is 17.2 Å². The average Bonchev–Trinajstić information content (AvgIpc) is 3.05. The number of rotatable bonds is 7. The van der Waals surface area contributed by atoms with Crippen molar-refractivity contribution in [3.8, 4) is 17.2 Å². The summed E-state index contributed by atoms with van der Waals surface area (Å²) in [5.41, 5.74) is 4.65. The van der Waals surface area contributed by atoms with Gasteiger partial charge < -0.3 is 19.3 Å². The van der Waals surface area contributed by atoms with Gasteiger partial charge in [-0.15, -0.1) is 0 Å². The smallest absolute Gasteiger partial charge is 0.335 e. The molecule has 1 aliphatic heterocycles. The summed E-state index contributed by atoms with van der Waals surface area (Å²) in [7, 11) is 4.58. The van der Waals surface area contributed by atoms with Crippen LogP contribution in [0.15, 0.2) is 36.5 Å². The van der Waals surface area contributed by atoms with Crippen molar-refractivity contribution in [3.63, 3.8) is 0 Å². The zero-order chi connectivity index (χ0) is 19.6. The lowest BCUT2D eigenvalue weighted by molar-refractivity contribution is 0.0161. The third-order valence-electron chi connectivity index (χ3n) is 4.55. The molecule has 1 atom stereocenters. The Morgan fingerprint density at radius 3 is 2.26 bits per heavy atom. The van der Waals surface area contributed by atoms with Gasteiger partial charge in [0.05, 0.1) is 26.9 Å². The highest BCUT2D eigenvalue weighted by atomic mass is 16.5. The van der Waals surface area contributed by atoms with Crippen LogP contribution in [-0.4, -0.2) is 37.6 Å². The summed E-state index contributed by atoms with van der Waals surface area (Å²) >= 11 is 0. The summed E-state index contributed by atoms with van der Waals surface area (Å²) in [5, 5.41) is 19.2. The molecule has 3 rings (SSSR count). The van der Waals surface area contributed by atoms with Crippen LogP contribution in [0.25, 0.3) is 6.08 Å². The number of carboxylic acid groups (broad SMARTS) is 1. The number of nitrogens with zero attached hydrogens (tertiary/aromatic N) is 1. The number of hydrogen-bond acceptors (Lipinski definition) is 6. The Labute approximate surface area is 156 Å². The number of nitrogens with one attached hydrogen (secondary N) is 1. The first-order chi connectivity index (χ1) is 13.0. The van der Waals surface area contributed by atoms with Gasteiger partial charge in [-0.1, -0.05) is 0 Å². The van der Waals surface area contributed by atoms with Crippen LogP contribution in [0.1, 0.15) is 21.5 Å². The zero-order valence-corrected chi connectivity index (χ0v) is 15.2. The fourth-order valence-electron chi connectivity index (χ4n) is 3.23. The number of fused-ring (bicyclic) bond motifs is 1. The van der Waals surface area contributed by atoms with Gasteiger partial charge in [0.25, 0.3) is 0 Å². The van der Waals surface area contributed by atoms with E-state index in [2.05, 4.69) is 5.59 Å². The van der Waals surface area contributed by atoms with Crippen LogP contribution in [0.4, 0.5) is 5.69 Å². The lowest BCUT2D eigenvalue weighted by Crippen LogP contribution is -2.52. The van der Waals surface area contributed by atoms with Crippen LogP contribution in [0, 0.1) is 0 Å². The quantitative estimate of drug-likeness (QED) is 0.507. The monoisotopic (exact) mass is 373 g/mol. The van der Waals surface area contributed by atoms with Gasteiger partial charge >= 0.3 is 5.97 Å². The highest BCUT2D eigenvalue weighted by Crippen LogP contribution is 2.41. The number of methoxy groups -OCH3 is 3. The predicted molar refractivity (Wildman–Crippen MR) is 99.0 cm³/mol. The van der Waals surface area contributed by atoms with E-state index >= 15 is 0 Å². The van der Waals surface area contributed by atoms with Crippen molar-refractivity contribution in [1.29, 1.82) is 0 Å². The van der Waals surface area contributed by atoms with Crippen LogP contribution in [0.2, 0.25) is 0 Å². The predicted octanol–water partition coefficient (Wildman–Crippen LogP) is 2.80. The molecule has 0 fully saturated rings. The molecule has 142 valence electrons. The molecule has 8 nitrogen and oxygen atoms in total. The molecule has 0 saturated carbocycles. The molecule has 2 aromatic carbocycles. The molecule has 27 heavy (non-hydrogen) atoms. The molecular weight excluding hydrogens is 352 g/mol. The third-order valence-corrected chi connectivity index (χ3v) is 4.55. The summed E-state index contributed by atoms with van der Waals surface area (Å²) < 4.78 is 15.9. The van der Waals surface area contributed by atoms with E-state index in [1.54, 1.807) is 30.5 Å². The summed E-state index contributed by atoms with van der Waals surface area (Å²) in [4.78, 5) is 11.3. The molecule has 0 amide bonds. The first-order valence-corrected chi connectivity index (χ1v) is 8.13. The maximum atomic E-state index is 11.3. The minimum Gasteiger partial charge on any atom is -0.493 e. The molecule has 1 heterocycles. The van der Waals surface area contributed by atoms with E-state index < -0.39 is 5.97 Å². The summed E-state index contributed by atoms with van der Waals surface area (Å²) in [6.45, 7) is 0.278. The Kier molecular flexibility index (Phi) is 5.04. The lowest BCUT2D eigenvalue weighted by atomic mass is 10.1. The lowest BCUT2D eigenvalue weighted by Gasteiger charge is -2.29. The first kappa shape index (κ1) is 18.7. The highest BCUT2D eigenvalue weighted by Gasteiger charge is 2.37. The van der Waals surface area contributed by atoms with Gasteiger partial charge in [0.15, 0.2) is 17.2 Å². The number of carbonyl (C=O) groups is 1. The second-order valence-corrected chi connectivity index (χ2v) is 6.05. The Hall–Kier alpha value is -3.07. The third kappa shape index (κ3) is 3.21. The normalized spacial score (nSPS) is 17.5. The number of benzene rings is 2. The molecule has 2 aromatic rings. The minimum atomic E-state index is -1.03. The van der Waals surface area contributed by atoms with E-state index in [0.29, 0.717) is 22.9 Å². The van der Waals surface area contributed by atoms with E-state index in [1.165, 1.54) is 27.4 Å². The number of carboxylic acids is 1. The first-order valence-electron chi connectivity index (χ1n) is 8.13. The Morgan fingerprint density at radius 1 is 1.07 bits per heavy atom.